The Morgan fingerprint density at radius 2 is 2.00 bits per heavy atom. The second kappa shape index (κ2) is 9.73. The fourth-order valence-corrected chi connectivity index (χ4v) is 6.64. The molecular formula is C25H26N4O2S2. The summed E-state index contributed by atoms with van der Waals surface area (Å²) in [7, 11) is 0. The number of fused-ring (bicyclic) bond motifs is 1. The predicted molar refractivity (Wildman–Crippen MR) is 136 cm³/mol. The Kier molecular flexibility index (Phi) is 6.55. The molecule has 0 bridgehead atoms. The van der Waals surface area contributed by atoms with Crippen LogP contribution < -0.4 is 0 Å². The SMILES string of the molecule is CCC(C1=NN2C(=N)/C(=C\c3ccc(SC4CCCCC4)o3)C(=O)N=C2S1)c1ccccc1. The molecule has 1 aromatic carbocycles. The molecule has 1 saturated carbocycles. The summed E-state index contributed by atoms with van der Waals surface area (Å²) in [5.74, 6) is 0.269. The van der Waals surface area contributed by atoms with Gasteiger partial charge in [0.15, 0.2) is 10.9 Å². The van der Waals surface area contributed by atoms with Crippen molar-refractivity contribution in [2.24, 2.45) is 10.1 Å². The molecule has 2 aliphatic heterocycles. The lowest BCUT2D eigenvalue weighted by Gasteiger charge is -2.20. The first-order valence-electron chi connectivity index (χ1n) is 11.4. The number of thioether (sulfide) groups is 2. The van der Waals surface area contributed by atoms with Gasteiger partial charge in [-0.15, -0.1) is 0 Å². The number of carbonyl (C=O) groups excluding carboxylic acids is 1. The van der Waals surface area contributed by atoms with Crippen molar-refractivity contribution in [3.63, 3.8) is 0 Å². The van der Waals surface area contributed by atoms with Gasteiger partial charge >= 0.3 is 0 Å². The van der Waals surface area contributed by atoms with Gasteiger partial charge in [-0.05, 0) is 54.8 Å². The van der Waals surface area contributed by atoms with Gasteiger partial charge < -0.3 is 4.42 Å². The zero-order valence-corrected chi connectivity index (χ0v) is 20.1. The zero-order valence-electron chi connectivity index (χ0n) is 18.5. The molecule has 8 heteroatoms. The minimum atomic E-state index is -0.430. The Bertz CT molecular complexity index is 1150. The lowest BCUT2D eigenvalue weighted by atomic mass is 9.98. The number of hydrogen-bond acceptors (Lipinski definition) is 6. The molecule has 6 nitrogen and oxygen atoms in total. The lowest BCUT2D eigenvalue weighted by molar-refractivity contribution is -0.114. The van der Waals surface area contributed by atoms with Crippen molar-refractivity contribution in [1.29, 1.82) is 5.41 Å². The molecule has 3 heterocycles. The fraction of sp³-hybridized carbons (Fsp3) is 0.360. The lowest BCUT2D eigenvalue weighted by Crippen LogP contribution is -2.35. The predicted octanol–water partition coefficient (Wildman–Crippen LogP) is 6.52. The number of benzene rings is 1. The average Bonchev–Trinajstić information content (AvgIpc) is 3.45. The van der Waals surface area contributed by atoms with Crippen LogP contribution in [0.15, 0.2) is 67.6 Å². The quantitative estimate of drug-likeness (QED) is 0.478. The number of nitrogens with one attached hydrogen (secondary N) is 1. The molecule has 1 unspecified atom stereocenters. The van der Waals surface area contributed by atoms with Gasteiger partial charge in [0.25, 0.3) is 5.91 Å². The maximum absolute atomic E-state index is 12.8. The highest BCUT2D eigenvalue weighted by molar-refractivity contribution is 8.27. The molecular weight excluding hydrogens is 452 g/mol. The van der Waals surface area contributed by atoms with Crippen LogP contribution in [0.5, 0.6) is 0 Å². The highest BCUT2D eigenvalue weighted by Gasteiger charge is 2.38. The van der Waals surface area contributed by atoms with Crippen LogP contribution in [-0.2, 0) is 4.79 Å². The third kappa shape index (κ3) is 4.73. The van der Waals surface area contributed by atoms with Gasteiger partial charge in [0.1, 0.15) is 10.8 Å². The number of hydrazone groups is 1. The first kappa shape index (κ1) is 22.2. The molecule has 1 atom stereocenters. The molecule has 1 aliphatic carbocycles. The zero-order chi connectivity index (χ0) is 22.8. The Morgan fingerprint density at radius 3 is 2.76 bits per heavy atom. The number of hydrogen-bond donors (Lipinski definition) is 1. The number of nitrogens with zero attached hydrogens (tertiary/aromatic N) is 3. The van der Waals surface area contributed by atoms with E-state index in [1.807, 2.05) is 30.3 Å². The minimum absolute atomic E-state index is 0.0355. The van der Waals surface area contributed by atoms with Crippen LogP contribution in [0.25, 0.3) is 6.08 Å². The maximum Gasteiger partial charge on any atom is 0.283 e. The molecule has 0 radical (unpaired) electrons. The van der Waals surface area contributed by atoms with E-state index in [0.717, 1.165) is 16.6 Å². The minimum Gasteiger partial charge on any atom is -0.450 e. The Morgan fingerprint density at radius 1 is 1.21 bits per heavy atom. The molecule has 1 fully saturated rings. The van der Waals surface area contributed by atoms with Gasteiger partial charge in [-0.2, -0.15) is 15.1 Å². The van der Waals surface area contributed by atoms with Crippen molar-refractivity contribution in [1.82, 2.24) is 5.01 Å². The van der Waals surface area contributed by atoms with Crippen molar-refractivity contribution >= 4 is 51.6 Å². The highest BCUT2D eigenvalue weighted by Crippen LogP contribution is 2.37. The average molecular weight is 479 g/mol. The number of amides is 1. The fourth-order valence-electron chi connectivity index (χ4n) is 4.35. The monoisotopic (exact) mass is 478 g/mol. The van der Waals surface area contributed by atoms with Crippen LogP contribution in [0.4, 0.5) is 0 Å². The summed E-state index contributed by atoms with van der Waals surface area (Å²) < 4.78 is 5.96. The van der Waals surface area contributed by atoms with E-state index >= 15 is 0 Å². The standard InChI is InChI=1S/C25H26N4O2S2/c1-2-19(16-9-5-3-6-10-16)24-28-29-22(26)20(23(30)27-25(29)33-24)15-17-13-14-21(31-17)32-18-11-7-4-8-12-18/h3,5-6,9-10,13-15,18-19,26H,2,4,7-8,11-12H2,1H3/b20-15+,26-22?. The van der Waals surface area contributed by atoms with Gasteiger partial charge in [-0.3, -0.25) is 10.2 Å². The second-order valence-corrected chi connectivity index (χ2v) is 10.7. The molecule has 0 spiro atoms. The van der Waals surface area contributed by atoms with Gasteiger partial charge in [0.2, 0.25) is 5.17 Å². The third-order valence-corrected chi connectivity index (χ3v) is 8.38. The second-order valence-electron chi connectivity index (χ2n) is 8.36. The van der Waals surface area contributed by atoms with E-state index < -0.39 is 5.91 Å². The number of rotatable bonds is 6. The molecule has 33 heavy (non-hydrogen) atoms. The van der Waals surface area contributed by atoms with E-state index in [1.54, 1.807) is 17.8 Å². The Labute approximate surface area is 202 Å². The van der Waals surface area contributed by atoms with Gasteiger partial charge in [0, 0.05) is 11.2 Å². The topological polar surface area (TPSA) is 82.0 Å². The van der Waals surface area contributed by atoms with E-state index in [4.69, 9.17) is 9.83 Å². The number of carbonyl (C=O) groups is 1. The third-order valence-electron chi connectivity index (χ3n) is 6.10. The van der Waals surface area contributed by atoms with E-state index in [1.165, 1.54) is 54.4 Å². The van der Waals surface area contributed by atoms with Gasteiger partial charge in [0.05, 0.1) is 5.57 Å². The summed E-state index contributed by atoms with van der Waals surface area (Å²) in [5, 5.41) is 17.5. The Balaban J connectivity index is 1.35. The van der Waals surface area contributed by atoms with E-state index in [9.17, 15) is 4.79 Å². The molecule has 5 rings (SSSR count). The molecule has 1 N–H and O–H groups in total. The van der Waals surface area contributed by atoms with Crippen LogP contribution >= 0.6 is 23.5 Å². The molecule has 0 saturated heterocycles. The number of aliphatic imine (C=N–C) groups is 1. The molecule has 1 aromatic heterocycles. The molecule has 1 amide bonds. The summed E-state index contributed by atoms with van der Waals surface area (Å²) >= 11 is 3.14. The first-order valence-corrected chi connectivity index (χ1v) is 13.1. The van der Waals surface area contributed by atoms with E-state index in [-0.39, 0.29) is 17.3 Å². The van der Waals surface area contributed by atoms with Crippen molar-refractivity contribution < 1.29 is 9.21 Å². The molecule has 2 aromatic rings. The van der Waals surface area contributed by atoms with Gasteiger partial charge in [-0.1, -0.05) is 68.3 Å². The molecule has 3 aliphatic rings. The maximum atomic E-state index is 12.8. The van der Waals surface area contributed by atoms with E-state index in [2.05, 4.69) is 29.2 Å². The number of furan rings is 1. The van der Waals surface area contributed by atoms with E-state index in [0.29, 0.717) is 16.2 Å². The van der Waals surface area contributed by atoms with Crippen molar-refractivity contribution in [2.45, 2.75) is 61.7 Å². The summed E-state index contributed by atoms with van der Waals surface area (Å²) in [6.45, 7) is 2.11. The molecule has 170 valence electrons. The van der Waals surface area contributed by atoms with Crippen LogP contribution in [0.1, 0.15) is 62.7 Å². The Hall–Kier alpha value is -2.58. The largest absolute Gasteiger partial charge is 0.450 e. The summed E-state index contributed by atoms with van der Waals surface area (Å²) in [6.07, 6.45) is 8.80. The first-order chi connectivity index (χ1) is 16.1. The highest BCUT2D eigenvalue weighted by atomic mass is 32.2. The van der Waals surface area contributed by atoms with Crippen molar-refractivity contribution in [3.8, 4) is 0 Å². The van der Waals surface area contributed by atoms with Crippen molar-refractivity contribution in [3.05, 3.63) is 59.4 Å². The van der Waals surface area contributed by atoms with Crippen LogP contribution in [0, 0.1) is 5.41 Å². The van der Waals surface area contributed by atoms with Crippen LogP contribution in [-0.4, -0.2) is 32.2 Å². The van der Waals surface area contributed by atoms with Crippen molar-refractivity contribution in [2.75, 3.05) is 0 Å². The number of amidine groups is 2. The van der Waals surface area contributed by atoms with Crippen LogP contribution in [0.2, 0.25) is 0 Å². The smallest absolute Gasteiger partial charge is 0.283 e. The summed E-state index contributed by atoms with van der Waals surface area (Å²) in [4.78, 5) is 17.0. The summed E-state index contributed by atoms with van der Waals surface area (Å²) in [6, 6.07) is 14.0. The van der Waals surface area contributed by atoms with Gasteiger partial charge in [-0.25, -0.2) is 0 Å². The summed E-state index contributed by atoms with van der Waals surface area (Å²) in [5.41, 5.74) is 1.36. The normalized spacial score (nSPS) is 21.2. The van der Waals surface area contributed by atoms with Crippen LogP contribution in [0.3, 0.4) is 0 Å².